The Labute approximate surface area is 224 Å². The second-order valence-corrected chi connectivity index (χ2v) is 9.61. The molecular formula is C28H20F3N5O2S. The maximum Gasteiger partial charge on any atom is 0.416 e. The summed E-state index contributed by atoms with van der Waals surface area (Å²) in [7, 11) is 0. The van der Waals surface area contributed by atoms with Gasteiger partial charge in [-0.25, -0.2) is 4.98 Å². The molecule has 0 bridgehead atoms. The minimum absolute atomic E-state index is 0.133. The molecular weight excluding hydrogens is 527 g/mol. The van der Waals surface area contributed by atoms with Gasteiger partial charge in [0.05, 0.1) is 15.8 Å². The molecule has 3 aromatic carbocycles. The van der Waals surface area contributed by atoms with Gasteiger partial charge in [-0.1, -0.05) is 23.5 Å². The van der Waals surface area contributed by atoms with E-state index in [1.54, 1.807) is 55.7 Å². The van der Waals surface area contributed by atoms with Crippen LogP contribution in [0.5, 0.6) is 0 Å². The fourth-order valence-electron chi connectivity index (χ4n) is 3.75. The van der Waals surface area contributed by atoms with Gasteiger partial charge in [-0.05, 0) is 73.2 Å². The quantitative estimate of drug-likeness (QED) is 0.208. The lowest BCUT2D eigenvalue weighted by molar-refractivity contribution is -0.137. The first-order valence-electron chi connectivity index (χ1n) is 11.6. The van der Waals surface area contributed by atoms with E-state index in [9.17, 15) is 22.8 Å². The third-order valence-corrected chi connectivity index (χ3v) is 6.71. The normalized spacial score (nSPS) is 11.3. The Bertz CT molecular complexity index is 1690. The summed E-state index contributed by atoms with van der Waals surface area (Å²) >= 11 is 1.40. The number of halogens is 3. The molecule has 3 N–H and O–H groups in total. The number of aromatic nitrogens is 2. The van der Waals surface area contributed by atoms with Crippen LogP contribution in [0.2, 0.25) is 0 Å². The summed E-state index contributed by atoms with van der Waals surface area (Å²) in [5.41, 5.74) is 2.47. The van der Waals surface area contributed by atoms with E-state index in [1.165, 1.54) is 23.5 Å². The van der Waals surface area contributed by atoms with Gasteiger partial charge in [-0.15, -0.1) is 0 Å². The molecule has 0 aliphatic heterocycles. The first-order chi connectivity index (χ1) is 18.7. The summed E-state index contributed by atoms with van der Waals surface area (Å²) in [6.45, 7) is 1.79. The molecule has 0 aliphatic rings. The number of nitrogens with one attached hydrogen (secondary N) is 3. The molecule has 0 saturated carbocycles. The van der Waals surface area contributed by atoms with Crippen molar-refractivity contribution < 1.29 is 22.8 Å². The average Bonchev–Trinajstić information content (AvgIpc) is 3.32. The fraction of sp³-hybridized carbons (Fsp3) is 0.0714. The minimum Gasteiger partial charge on any atom is -0.331 e. The average molecular weight is 548 g/mol. The van der Waals surface area contributed by atoms with E-state index in [4.69, 9.17) is 0 Å². The predicted octanol–water partition coefficient (Wildman–Crippen LogP) is 7.27. The number of nitrogens with zero attached hydrogens (tertiary/aromatic N) is 2. The number of alkyl halides is 3. The second-order valence-electron chi connectivity index (χ2n) is 8.58. The van der Waals surface area contributed by atoms with Crippen LogP contribution in [0.15, 0.2) is 85.2 Å². The zero-order chi connectivity index (χ0) is 27.6. The van der Waals surface area contributed by atoms with Gasteiger partial charge >= 0.3 is 6.18 Å². The topological polar surface area (TPSA) is 96.0 Å². The zero-order valence-corrected chi connectivity index (χ0v) is 21.2. The van der Waals surface area contributed by atoms with E-state index < -0.39 is 17.6 Å². The summed E-state index contributed by atoms with van der Waals surface area (Å²) in [4.78, 5) is 34.2. The molecule has 2 heterocycles. The molecule has 39 heavy (non-hydrogen) atoms. The number of carbonyl (C=O) groups is 2. The van der Waals surface area contributed by atoms with E-state index >= 15 is 0 Å². The number of hydrogen-bond acceptors (Lipinski definition) is 6. The molecule has 0 aliphatic carbocycles. The molecule has 0 radical (unpaired) electrons. The Hall–Kier alpha value is -4.77. The first-order valence-corrected chi connectivity index (χ1v) is 12.5. The van der Waals surface area contributed by atoms with Crippen LogP contribution in [0.1, 0.15) is 31.8 Å². The number of fused-ring (bicyclic) bond motifs is 1. The van der Waals surface area contributed by atoms with Crippen molar-refractivity contribution in [2.24, 2.45) is 0 Å². The van der Waals surface area contributed by atoms with E-state index in [1.807, 2.05) is 12.1 Å². The molecule has 5 rings (SSSR count). The summed E-state index contributed by atoms with van der Waals surface area (Å²) in [5, 5.41) is 9.32. The molecule has 0 saturated heterocycles. The number of amides is 2. The van der Waals surface area contributed by atoms with E-state index in [0.717, 1.165) is 33.6 Å². The Morgan fingerprint density at radius 2 is 1.56 bits per heavy atom. The number of thiazole rings is 1. The first kappa shape index (κ1) is 25.9. The summed E-state index contributed by atoms with van der Waals surface area (Å²) in [6.07, 6.45) is -1.21. The largest absolute Gasteiger partial charge is 0.416 e. The van der Waals surface area contributed by atoms with E-state index in [-0.39, 0.29) is 11.5 Å². The number of pyridine rings is 1. The van der Waals surface area contributed by atoms with Crippen LogP contribution in [0.25, 0.3) is 10.2 Å². The summed E-state index contributed by atoms with van der Waals surface area (Å²) in [5.74, 6) is -1.06. The lowest BCUT2D eigenvalue weighted by Gasteiger charge is -2.13. The predicted molar refractivity (Wildman–Crippen MR) is 146 cm³/mol. The Kier molecular flexibility index (Phi) is 6.99. The van der Waals surface area contributed by atoms with Crippen molar-refractivity contribution in [2.45, 2.75) is 13.1 Å². The standard InChI is InChI=1S/C28H20F3N5O2S/c1-16-5-7-21(33-25(37)17-3-2-4-19(13-17)28(29,30)31)15-23(16)35-26(38)18-6-8-22-24(14-18)39-27(36-22)34-20-9-11-32-12-10-20/h2-15H,1H3,(H,33,37)(H,35,38)(H,32,34,36). The third-order valence-electron chi connectivity index (χ3n) is 5.78. The lowest BCUT2D eigenvalue weighted by Crippen LogP contribution is -2.15. The van der Waals surface area contributed by atoms with Crippen LogP contribution in [-0.2, 0) is 6.18 Å². The van der Waals surface area contributed by atoms with Crippen LogP contribution in [0, 0.1) is 6.92 Å². The van der Waals surface area contributed by atoms with Gasteiger partial charge < -0.3 is 16.0 Å². The Morgan fingerprint density at radius 3 is 2.33 bits per heavy atom. The minimum atomic E-state index is -4.56. The van der Waals surface area contributed by atoms with E-state index in [2.05, 4.69) is 25.9 Å². The Balaban J connectivity index is 1.30. The summed E-state index contributed by atoms with van der Waals surface area (Å²) < 4.78 is 39.9. The second kappa shape index (κ2) is 10.5. The molecule has 2 amide bonds. The third kappa shape index (κ3) is 6.04. The SMILES string of the molecule is Cc1ccc(NC(=O)c2cccc(C(F)(F)F)c2)cc1NC(=O)c1ccc2nc(Nc3ccncc3)sc2c1. The Morgan fingerprint density at radius 1 is 0.821 bits per heavy atom. The number of benzene rings is 3. The number of anilines is 4. The number of rotatable bonds is 6. The smallest absolute Gasteiger partial charge is 0.331 e. The summed E-state index contributed by atoms with van der Waals surface area (Å²) in [6, 6.07) is 17.9. The van der Waals surface area contributed by atoms with Gasteiger partial charge in [0.15, 0.2) is 5.13 Å². The fourth-order valence-corrected chi connectivity index (χ4v) is 4.67. The number of hydrogen-bond donors (Lipinski definition) is 3. The molecule has 0 unspecified atom stereocenters. The van der Waals surface area contributed by atoms with Crippen molar-refractivity contribution >= 4 is 55.6 Å². The molecule has 2 aromatic heterocycles. The van der Waals surface area contributed by atoms with Crippen molar-refractivity contribution in [3.63, 3.8) is 0 Å². The molecule has 0 fully saturated rings. The lowest BCUT2D eigenvalue weighted by atomic mass is 10.1. The molecule has 11 heteroatoms. The van der Waals surface area contributed by atoms with Crippen molar-refractivity contribution in [3.05, 3.63) is 107 Å². The molecule has 5 aromatic rings. The number of carbonyl (C=O) groups excluding carboxylic acids is 2. The molecule has 0 atom stereocenters. The highest BCUT2D eigenvalue weighted by Gasteiger charge is 2.30. The van der Waals surface area contributed by atoms with Crippen LogP contribution in [-0.4, -0.2) is 21.8 Å². The van der Waals surface area contributed by atoms with Crippen molar-refractivity contribution in [2.75, 3.05) is 16.0 Å². The van der Waals surface area contributed by atoms with Crippen LogP contribution in [0.4, 0.5) is 35.4 Å². The zero-order valence-electron chi connectivity index (χ0n) is 20.3. The molecule has 196 valence electrons. The van der Waals surface area contributed by atoms with Crippen molar-refractivity contribution in [3.8, 4) is 0 Å². The van der Waals surface area contributed by atoms with E-state index in [0.29, 0.717) is 22.1 Å². The van der Waals surface area contributed by atoms with Crippen molar-refractivity contribution in [1.82, 2.24) is 9.97 Å². The maximum atomic E-state index is 13.1. The van der Waals surface area contributed by atoms with Crippen LogP contribution >= 0.6 is 11.3 Å². The van der Waals surface area contributed by atoms with Gasteiger partial charge in [0.25, 0.3) is 11.8 Å². The molecule has 7 nitrogen and oxygen atoms in total. The van der Waals surface area contributed by atoms with Gasteiger partial charge in [-0.2, -0.15) is 13.2 Å². The highest BCUT2D eigenvalue weighted by molar-refractivity contribution is 7.22. The number of aryl methyl sites for hydroxylation is 1. The van der Waals surface area contributed by atoms with Gasteiger partial charge in [0.1, 0.15) is 0 Å². The van der Waals surface area contributed by atoms with Gasteiger partial charge in [0.2, 0.25) is 0 Å². The monoisotopic (exact) mass is 547 g/mol. The maximum absolute atomic E-state index is 13.1. The van der Waals surface area contributed by atoms with Crippen LogP contribution in [0.3, 0.4) is 0 Å². The van der Waals surface area contributed by atoms with Gasteiger partial charge in [0, 0.05) is 40.6 Å². The highest BCUT2D eigenvalue weighted by atomic mass is 32.1. The molecule has 0 spiro atoms. The van der Waals surface area contributed by atoms with Gasteiger partial charge in [-0.3, -0.25) is 14.6 Å². The highest BCUT2D eigenvalue weighted by Crippen LogP contribution is 2.31. The van der Waals surface area contributed by atoms with Crippen molar-refractivity contribution in [1.29, 1.82) is 0 Å². The van der Waals surface area contributed by atoms with Crippen LogP contribution < -0.4 is 16.0 Å².